The first kappa shape index (κ1) is 28.8. The van der Waals surface area contributed by atoms with Gasteiger partial charge in [-0.15, -0.1) is 0 Å². The molecule has 40 heavy (non-hydrogen) atoms. The quantitative estimate of drug-likeness (QED) is 0.172. The Labute approximate surface area is 234 Å². The van der Waals surface area contributed by atoms with Crippen LogP contribution in [0.4, 0.5) is 4.79 Å². The fourth-order valence-corrected chi connectivity index (χ4v) is 7.77. The van der Waals surface area contributed by atoms with E-state index in [4.69, 9.17) is 14.2 Å². The number of Topliss-reactive ketones (excluding diaryl/α,β-unsaturated/α-hetero) is 1. The molecule has 1 aromatic rings. The maximum Gasteiger partial charge on any atom is 0.514 e. The lowest BCUT2D eigenvalue weighted by atomic mass is 9.59. The fourth-order valence-electron chi connectivity index (χ4n) is 7.77. The molecule has 218 valence electrons. The minimum Gasteiger partial charge on any atom is -0.494 e. The highest BCUT2D eigenvalue weighted by atomic mass is 16.7. The van der Waals surface area contributed by atoms with Crippen LogP contribution in [0.1, 0.15) is 53.9 Å². The Morgan fingerprint density at radius 2 is 1.73 bits per heavy atom. The van der Waals surface area contributed by atoms with Gasteiger partial charge in [0, 0.05) is 35.5 Å². The monoisotopic (exact) mass is 556 g/mol. The minimum absolute atomic E-state index is 0.135. The summed E-state index contributed by atoms with van der Waals surface area (Å²) >= 11 is 0. The van der Waals surface area contributed by atoms with Crippen LogP contribution < -0.4 is 9.47 Å². The average Bonchev–Trinajstić information content (AvgIpc) is 3.30. The molecule has 0 amide bonds. The highest BCUT2D eigenvalue weighted by Gasteiger charge is 2.85. The molecule has 2 saturated carbocycles. The van der Waals surface area contributed by atoms with Gasteiger partial charge in [-0.25, -0.2) is 4.79 Å². The second kappa shape index (κ2) is 9.69. The Hall–Kier alpha value is -2.72. The highest BCUT2D eigenvalue weighted by molar-refractivity contribution is 6.04. The number of benzene rings is 1. The molecule has 9 nitrogen and oxygen atoms in total. The van der Waals surface area contributed by atoms with Crippen LogP contribution in [0.5, 0.6) is 11.5 Å². The van der Waals surface area contributed by atoms with Crippen LogP contribution in [0.2, 0.25) is 0 Å². The molecular weight excluding hydrogens is 516 g/mol. The van der Waals surface area contributed by atoms with Crippen LogP contribution in [0.25, 0.3) is 0 Å². The zero-order valence-corrected chi connectivity index (χ0v) is 23.7. The third-order valence-electron chi connectivity index (χ3n) is 10.0. The molecular formula is C31H40O9. The van der Waals surface area contributed by atoms with E-state index in [2.05, 4.69) is 6.92 Å². The summed E-state index contributed by atoms with van der Waals surface area (Å²) in [6, 6.07) is 6.54. The predicted molar refractivity (Wildman–Crippen MR) is 145 cm³/mol. The van der Waals surface area contributed by atoms with Crippen molar-refractivity contribution in [2.24, 2.45) is 29.1 Å². The summed E-state index contributed by atoms with van der Waals surface area (Å²) in [7, 11) is 0. The van der Waals surface area contributed by atoms with Crippen molar-refractivity contribution in [1.82, 2.24) is 0 Å². The van der Waals surface area contributed by atoms with Crippen molar-refractivity contribution in [3.8, 4) is 11.5 Å². The summed E-state index contributed by atoms with van der Waals surface area (Å²) < 4.78 is 16.9. The van der Waals surface area contributed by atoms with Crippen molar-refractivity contribution in [2.75, 3.05) is 13.2 Å². The molecule has 8 atom stereocenters. The lowest BCUT2D eigenvalue weighted by Crippen LogP contribution is -2.65. The van der Waals surface area contributed by atoms with E-state index in [9.17, 15) is 30.0 Å². The number of hydrogen-bond donors (Lipinski definition) is 4. The summed E-state index contributed by atoms with van der Waals surface area (Å²) in [5, 5.41) is 46.3. The molecule has 0 saturated heterocycles. The van der Waals surface area contributed by atoms with Gasteiger partial charge in [-0.2, -0.15) is 0 Å². The standard InChI is InChI=1S/C31H40O9/c1-6-7-12-38-20-8-10-21(11-9-20)39-27(34)40-26-18(3)30(36)22(24-28(4,5)31(24,26)37)14-19(16-32)15-29(35)23(30)13-17(2)25(29)33/h8-11,13-14,18,22-24,26,32,35-37H,6-7,12,15-16H2,1-5H3/t18-,22+,23-,24+,26-,29-,30-,31-/m1/s1. The van der Waals surface area contributed by atoms with E-state index in [0.717, 1.165) is 12.8 Å². The molecule has 5 rings (SSSR count). The molecule has 4 N–H and O–H groups in total. The van der Waals surface area contributed by atoms with Crippen molar-refractivity contribution in [2.45, 2.75) is 76.8 Å². The Balaban J connectivity index is 1.45. The molecule has 0 aliphatic heterocycles. The molecule has 1 aromatic carbocycles. The van der Waals surface area contributed by atoms with Crippen molar-refractivity contribution >= 4 is 11.9 Å². The summed E-state index contributed by atoms with van der Waals surface area (Å²) in [4.78, 5) is 26.2. The van der Waals surface area contributed by atoms with Gasteiger partial charge in [-0.1, -0.05) is 46.3 Å². The van der Waals surface area contributed by atoms with Crippen LogP contribution in [0.3, 0.4) is 0 Å². The second-order valence-electron chi connectivity index (χ2n) is 12.5. The Kier molecular flexibility index (Phi) is 6.97. The van der Waals surface area contributed by atoms with Crippen LogP contribution in [0.15, 0.2) is 47.6 Å². The number of hydrogen-bond acceptors (Lipinski definition) is 9. The number of ether oxygens (including phenoxy) is 3. The van der Waals surface area contributed by atoms with E-state index in [0.29, 0.717) is 23.5 Å². The Morgan fingerprint density at radius 3 is 2.35 bits per heavy atom. The summed E-state index contributed by atoms with van der Waals surface area (Å²) in [5.41, 5.74) is -5.30. The number of fused-ring (bicyclic) bond motifs is 5. The number of aliphatic hydroxyl groups excluding tert-OH is 1. The van der Waals surface area contributed by atoms with Gasteiger partial charge in [0.2, 0.25) is 0 Å². The van der Waals surface area contributed by atoms with E-state index in [1.54, 1.807) is 50.3 Å². The van der Waals surface area contributed by atoms with Crippen molar-refractivity contribution in [3.05, 3.63) is 47.6 Å². The zero-order chi connectivity index (χ0) is 29.3. The van der Waals surface area contributed by atoms with Crippen molar-refractivity contribution in [3.63, 3.8) is 0 Å². The molecule has 4 aliphatic rings. The lowest BCUT2D eigenvalue weighted by Gasteiger charge is -2.52. The maximum atomic E-state index is 13.1. The third kappa shape index (κ3) is 3.96. The fraction of sp³-hybridized carbons (Fsp3) is 0.613. The van der Waals surface area contributed by atoms with E-state index >= 15 is 0 Å². The van der Waals surface area contributed by atoms with Gasteiger partial charge in [0.25, 0.3) is 0 Å². The molecule has 4 aliphatic carbocycles. The van der Waals surface area contributed by atoms with E-state index in [-0.39, 0.29) is 12.2 Å². The van der Waals surface area contributed by atoms with Crippen molar-refractivity contribution < 1.29 is 44.2 Å². The summed E-state index contributed by atoms with van der Waals surface area (Å²) in [6.45, 7) is 9.17. The van der Waals surface area contributed by atoms with Crippen LogP contribution in [0, 0.1) is 29.1 Å². The topological polar surface area (TPSA) is 143 Å². The normalized spacial score (nSPS) is 39.1. The molecule has 9 heteroatoms. The zero-order valence-electron chi connectivity index (χ0n) is 23.7. The molecule has 2 fully saturated rings. The number of aliphatic hydroxyl groups is 4. The second-order valence-corrected chi connectivity index (χ2v) is 12.5. The Morgan fingerprint density at radius 1 is 1.07 bits per heavy atom. The first-order valence-electron chi connectivity index (χ1n) is 14.1. The number of unbranched alkanes of at least 4 members (excludes halogenated alkanes) is 1. The third-order valence-corrected chi connectivity index (χ3v) is 10.0. The molecule has 0 aromatic heterocycles. The van der Waals surface area contributed by atoms with Gasteiger partial charge >= 0.3 is 6.16 Å². The SMILES string of the molecule is CCCCOc1ccc(OC(=O)O[C@@H]2[C@@H](C)[C@@]3(O)[C@@H](C=C(CO)C[C@]4(O)C(=O)C(C)=C[C@@H]34)[C@H]3C(C)(C)[C@]23O)cc1. The van der Waals surface area contributed by atoms with Crippen LogP contribution in [-0.4, -0.2) is 68.5 Å². The van der Waals surface area contributed by atoms with Crippen LogP contribution in [-0.2, 0) is 9.53 Å². The summed E-state index contributed by atoms with van der Waals surface area (Å²) in [5.74, 6) is -2.87. The molecule has 0 unspecified atom stereocenters. The summed E-state index contributed by atoms with van der Waals surface area (Å²) in [6.07, 6.45) is 2.84. The molecule has 0 bridgehead atoms. The average molecular weight is 557 g/mol. The molecule has 0 spiro atoms. The molecule has 0 heterocycles. The van der Waals surface area contributed by atoms with Gasteiger partial charge in [0.15, 0.2) is 5.78 Å². The van der Waals surface area contributed by atoms with Gasteiger partial charge in [-0.3, -0.25) is 4.79 Å². The maximum absolute atomic E-state index is 13.1. The first-order valence-corrected chi connectivity index (χ1v) is 14.1. The smallest absolute Gasteiger partial charge is 0.494 e. The molecule has 0 radical (unpaired) electrons. The number of rotatable bonds is 7. The minimum atomic E-state index is -1.96. The van der Waals surface area contributed by atoms with Gasteiger partial charge < -0.3 is 34.6 Å². The van der Waals surface area contributed by atoms with Crippen LogP contribution >= 0.6 is 0 Å². The van der Waals surface area contributed by atoms with Gasteiger partial charge in [0.1, 0.15) is 28.8 Å². The van der Waals surface area contributed by atoms with E-state index in [1.807, 2.05) is 13.8 Å². The number of ketones is 1. The first-order chi connectivity index (χ1) is 18.8. The van der Waals surface area contributed by atoms with E-state index in [1.165, 1.54) is 0 Å². The number of carbonyl (C=O) groups is 2. The van der Waals surface area contributed by atoms with E-state index < -0.39 is 70.5 Å². The highest BCUT2D eigenvalue weighted by Crippen LogP contribution is 2.75. The van der Waals surface area contributed by atoms with Crippen molar-refractivity contribution in [1.29, 1.82) is 0 Å². The largest absolute Gasteiger partial charge is 0.514 e. The lowest BCUT2D eigenvalue weighted by molar-refractivity contribution is -0.211. The predicted octanol–water partition coefficient (Wildman–Crippen LogP) is 3.33. The van der Waals surface area contributed by atoms with Gasteiger partial charge in [0.05, 0.1) is 18.8 Å². The van der Waals surface area contributed by atoms with Gasteiger partial charge in [-0.05, 0) is 48.8 Å². The Bertz CT molecular complexity index is 1250. The number of carbonyl (C=O) groups excluding carboxylic acids is 2.